The van der Waals surface area contributed by atoms with E-state index in [9.17, 15) is 14.7 Å². The number of carbonyl (C=O) groups excluding carboxylic acids is 2. The fourth-order valence-electron chi connectivity index (χ4n) is 5.64. The van der Waals surface area contributed by atoms with Crippen LogP contribution in [0.3, 0.4) is 0 Å². The minimum Gasteiger partial charge on any atom is -0.530 e. The van der Waals surface area contributed by atoms with Gasteiger partial charge in [0.15, 0.2) is 0 Å². The van der Waals surface area contributed by atoms with Gasteiger partial charge in [-0.3, -0.25) is 4.90 Å². The van der Waals surface area contributed by atoms with E-state index in [0.717, 1.165) is 33.2 Å². The number of likely N-dealkylation sites (tertiary alicyclic amines) is 1. The highest BCUT2D eigenvalue weighted by molar-refractivity contribution is 5.86. The van der Waals surface area contributed by atoms with E-state index in [-0.39, 0.29) is 25.0 Å². The molecule has 1 saturated heterocycles. The quantitative estimate of drug-likeness (QED) is 0.276. The Kier molecular flexibility index (Phi) is 9.36. The number of amides is 2. The van der Waals surface area contributed by atoms with Crippen molar-refractivity contribution < 1.29 is 28.9 Å². The number of benzene rings is 4. The molecule has 0 radical (unpaired) electrons. The Balaban J connectivity index is 1.31. The number of para-hydroxylation sites is 1. The van der Waals surface area contributed by atoms with E-state index in [1.807, 2.05) is 72.8 Å². The monoisotopic (exact) mass is 567 g/mol. The molecule has 5 rings (SSSR count). The number of methoxy groups -OCH3 is 1. The summed E-state index contributed by atoms with van der Waals surface area (Å²) in [5.41, 5.74) is 3.62. The van der Waals surface area contributed by atoms with Gasteiger partial charge in [-0.25, -0.2) is 4.79 Å². The molecule has 4 aromatic rings. The number of fused-ring (bicyclic) bond motifs is 1. The van der Waals surface area contributed by atoms with E-state index in [2.05, 4.69) is 24.3 Å². The molecule has 3 unspecified atom stereocenters. The molecule has 0 bridgehead atoms. The molecular weight excluding hydrogens is 532 g/mol. The predicted molar refractivity (Wildman–Crippen MR) is 159 cm³/mol. The van der Waals surface area contributed by atoms with Gasteiger partial charge >= 0.3 is 6.09 Å². The van der Waals surface area contributed by atoms with Crippen molar-refractivity contribution in [3.63, 3.8) is 0 Å². The Bertz CT molecular complexity index is 1490. The van der Waals surface area contributed by atoms with Crippen LogP contribution in [0.25, 0.3) is 10.8 Å². The first-order valence-electron chi connectivity index (χ1n) is 14.0. The number of carbonyl (C=O) groups is 2. The smallest absolute Gasteiger partial charge is 0.414 e. The number of hydrogen-bond donors (Lipinski definition) is 0. The van der Waals surface area contributed by atoms with Gasteiger partial charge in [-0.15, -0.1) is 0 Å². The lowest BCUT2D eigenvalue weighted by atomic mass is 9.78. The number of piperidine rings is 1. The average molecular weight is 568 g/mol. The van der Waals surface area contributed by atoms with Crippen molar-refractivity contribution in [2.75, 3.05) is 38.8 Å². The number of ether oxygens (including phenoxy) is 3. The minimum absolute atomic E-state index is 0.109. The van der Waals surface area contributed by atoms with Crippen LogP contribution in [0.1, 0.15) is 22.6 Å². The second kappa shape index (κ2) is 13.5. The van der Waals surface area contributed by atoms with Crippen LogP contribution in [-0.2, 0) is 27.4 Å². The first-order valence-corrected chi connectivity index (χ1v) is 14.0. The summed E-state index contributed by atoms with van der Waals surface area (Å²) >= 11 is 0. The molecule has 42 heavy (non-hydrogen) atoms. The van der Waals surface area contributed by atoms with Gasteiger partial charge in [-0.05, 0) is 45.7 Å². The van der Waals surface area contributed by atoms with Gasteiger partial charge in [0, 0.05) is 44.8 Å². The zero-order valence-corrected chi connectivity index (χ0v) is 23.8. The molecule has 1 aliphatic rings. The van der Waals surface area contributed by atoms with Crippen LogP contribution in [0.5, 0.6) is 0 Å². The molecule has 0 saturated carbocycles. The third kappa shape index (κ3) is 6.90. The van der Waals surface area contributed by atoms with Crippen LogP contribution >= 0.6 is 0 Å². The van der Waals surface area contributed by atoms with Gasteiger partial charge < -0.3 is 29.0 Å². The van der Waals surface area contributed by atoms with E-state index in [1.165, 1.54) is 9.80 Å². The summed E-state index contributed by atoms with van der Waals surface area (Å²) in [7, 11) is 3.29. The maximum atomic E-state index is 12.6. The number of nitrogens with zero attached hydrogens (tertiary/aromatic N) is 2. The van der Waals surface area contributed by atoms with E-state index in [0.29, 0.717) is 19.8 Å². The Morgan fingerprint density at radius 2 is 1.55 bits per heavy atom. The van der Waals surface area contributed by atoms with E-state index < -0.39 is 18.3 Å². The third-order valence-electron chi connectivity index (χ3n) is 7.82. The molecular formula is C34H35N2O6-. The molecule has 0 aliphatic carbocycles. The minimum atomic E-state index is -1.22. The maximum absolute atomic E-state index is 12.6. The summed E-state index contributed by atoms with van der Waals surface area (Å²) < 4.78 is 17.5. The molecule has 1 aliphatic heterocycles. The van der Waals surface area contributed by atoms with Crippen LogP contribution in [0.4, 0.5) is 15.3 Å². The molecule has 1 heterocycles. The summed E-state index contributed by atoms with van der Waals surface area (Å²) in [5.74, 6) is -0.242. The van der Waals surface area contributed by atoms with Crippen molar-refractivity contribution in [1.29, 1.82) is 0 Å². The number of carboxylic acid groups (broad SMARTS) is 1. The van der Waals surface area contributed by atoms with Gasteiger partial charge in [-0.1, -0.05) is 78.9 Å². The van der Waals surface area contributed by atoms with Crippen molar-refractivity contribution in [3.05, 3.63) is 114 Å². The van der Waals surface area contributed by atoms with Crippen molar-refractivity contribution in [2.45, 2.75) is 25.2 Å². The van der Waals surface area contributed by atoms with Crippen molar-refractivity contribution in [1.82, 2.24) is 4.90 Å². The van der Waals surface area contributed by atoms with Crippen LogP contribution in [0.15, 0.2) is 97.1 Å². The Hall–Kier alpha value is -4.40. The Morgan fingerprint density at radius 1 is 0.857 bits per heavy atom. The van der Waals surface area contributed by atoms with Crippen molar-refractivity contribution in [2.24, 2.45) is 5.92 Å². The highest BCUT2D eigenvalue weighted by Crippen LogP contribution is 2.36. The standard InChI is InChI=1S/C34H36N2O6/c1-35(30-10-4-3-5-11-30)34(39)42-21-24-12-16-27(17-13-24)32-29(23-40-2)19-36(33(37)38)20-31(32)41-22-25-14-15-26-8-6-7-9-28(26)18-25/h3-18,29,31-32H,19-23H2,1-2H3,(H,37,38)/p-1. The van der Waals surface area contributed by atoms with Crippen LogP contribution in [0.2, 0.25) is 0 Å². The number of anilines is 1. The predicted octanol–water partition coefficient (Wildman–Crippen LogP) is 5.20. The first kappa shape index (κ1) is 29.1. The van der Waals surface area contributed by atoms with Crippen LogP contribution < -0.4 is 10.0 Å². The Morgan fingerprint density at radius 3 is 2.26 bits per heavy atom. The fraction of sp³-hybridized carbons (Fsp3) is 0.294. The summed E-state index contributed by atoms with van der Waals surface area (Å²) in [5, 5.41) is 14.2. The zero-order chi connectivity index (χ0) is 29.5. The van der Waals surface area contributed by atoms with Crippen LogP contribution in [0, 0.1) is 5.92 Å². The maximum Gasteiger partial charge on any atom is 0.414 e. The second-order valence-electron chi connectivity index (χ2n) is 10.6. The third-order valence-corrected chi connectivity index (χ3v) is 7.82. The van der Waals surface area contributed by atoms with E-state index >= 15 is 0 Å². The summed E-state index contributed by atoms with van der Waals surface area (Å²) in [6, 6.07) is 31.5. The first-order chi connectivity index (χ1) is 20.4. The zero-order valence-electron chi connectivity index (χ0n) is 23.8. The molecule has 2 amide bonds. The van der Waals surface area contributed by atoms with Crippen LogP contribution in [-0.4, -0.2) is 57.0 Å². The van der Waals surface area contributed by atoms with Crippen molar-refractivity contribution in [3.8, 4) is 0 Å². The molecule has 218 valence electrons. The molecule has 0 N–H and O–H groups in total. The largest absolute Gasteiger partial charge is 0.530 e. The summed E-state index contributed by atoms with van der Waals surface area (Å²) in [6.45, 7) is 1.33. The summed E-state index contributed by atoms with van der Waals surface area (Å²) in [4.78, 5) is 27.2. The summed E-state index contributed by atoms with van der Waals surface area (Å²) in [6.07, 6.45) is -2.07. The number of rotatable bonds is 9. The lowest BCUT2D eigenvalue weighted by Gasteiger charge is -2.44. The fourth-order valence-corrected chi connectivity index (χ4v) is 5.64. The molecule has 8 nitrogen and oxygen atoms in total. The van der Waals surface area contributed by atoms with Gasteiger partial charge in [-0.2, -0.15) is 0 Å². The molecule has 1 fully saturated rings. The topological polar surface area (TPSA) is 91.4 Å². The van der Waals surface area contributed by atoms with Crippen molar-refractivity contribution >= 4 is 28.6 Å². The van der Waals surface area contributed by atoms with Gasteiger partial charge in [0.2, 0.25) is 0 Å². The average Bonchev–Trinajstić information content (AvgIpc) is 3.02. The van der Waals surface area contributed by atoms with E-state index in [1.54, 1.807) is 14.2 Å². The molecule has 0 spiro atoms. The lowest BCUT2D eigenvalue weighted by molar-refractivity contribution is -0.270. The molecule has 4 aromatic carbocycles. The highest BCUT2D eigenvalue weighted by atomic mass is 16.6. The molecule has 0 aromatic heterocycles. The normalized spacial score (nSPS) is 18.5. The lowest BCUT2D eigenvalue weighted by Crippen LogP contribution is -2.55. The van der Waals surface area contributed by atoms with E-state index in [4.69, 9.17) is 14.2 Å². The molecule has 3 atom stereocenters. The van der Waals surface area contributed by atoms with Gasteiger partial charge in [0.1, 0.15) is 12.7 Å². The SMILES string of the molecule is COCC1CN(C(=O)[O-])CC(OCc2ccc3ccccc3c2)C1c1ccc(COC(=O)N(C)c2ccccc2)cc1. The van der Waals surface area contributed by atoms with Gasteiger partial charge in [0.05, 0.1) is 19.3 Å². The van der Waals surface area contributed by atoms with Gasteiger partial charge in [0.25, 0.3) is 0 Å². The highest BCUT2D eigenvalue weighted by Gasteiger charge is 2.38. The number of hydrogen-bond acceptors (Lipinski definition) is 6. The molecule has 8 heteroatoms. The second-order valence-corrected chi connectivity index (χ2v) is 10.6. The Labute approximate surface area is 246 Å².